The molecule has 0 aliphatic carbocycles. The largest absolute Gasteiger partial charge is 0.391 e. The average molecular weight is 251 g/mol. The van der Waals surface area contributed by atoms with Crippen molar-refractivity contribution in [3.8, 4) is 0 Å². The first-order valence-electron chi connectivity index (χ1n) is 5.90. The highest BCUT2D eigenvalue weighted by molar-refractivity contribution is 7.99. The van der Waals surface area contributed by atoms with Crippen LogP contribution in [0.4, 0.5) is 0 Å². The summed E-state index contributed by atoms with van der Waals surface area (Å²) in [5.74, 6) is 0.753. The molecule has 0 saturated heterocycles. The molecule has 1 heterocycles. The third kappa shape index (κ3) is 2.82. The Hall–Kier alpha value is -1.00. The number of rotatable bonds is 4. The molecule has 1 aliphatic heterocycles. The summed E-state index contributed by atoms with van der Waals surface area (Å²) in [6, 6.07) is 8.02. The molecule has 0 saturated carbocycles. The van der Waals surface area contributed by atoms with E-state index in [9.17, 15) is 9.90 Å². The first-order valence-corrected chi connectivity index (χ1v) is 6.88. The molecule has 0 bridgehead atoms. The molecule has 2 rings (SSSR count). The number of aliphatic hydroxyl groups is 1. The summed E-state index contributed by atoms with van der Waals surface area (Å²) in [5.41, 5.74) is 1.11. The van der Waals surface area contributed by atoms with Crippen LogP contribution in [-0.2, 0) is 4.79 Å². The standard InChI is InChI=1S/C13H17NO2S/c1-2-9(15)7-14-13(16)11-8-17-12-6-4-3-5-10(11)12/h3-6,9,11,15H,2,7-8H2,1H3,(H,14,16). The number of hydrogen-bond donors (Lipinski definition) is 2. The van der Waals surface area contributed by atoms with Gasteiger partial charge in [0.2, 0.25) is 5.91 Å². The Bertz CT molecular complexity index is 408. The molecule has 17 heavy (non-hydrogen) atoms. The maximum atomic E-state index is 12.0. The van der Waals surface area contributed by atoms with Crippen molar-refractivity contribution in [1.82, 2.24) is 5.32 Å². The topological polar surface area (TPSA) is 49.3 Å². The molecule has 1 amide bonds. The van der Waals surface area contributed by atoms with Crippen LogP contribution in [0.15, 0.2) is 29.2 Å². The van der Waals surface area contributed by atoms with Gasteiger partial charge in [0.25, 0.3) is 0 Å². The van der Waals surface area contributed by atoms with Crippen molar-refractivity contribution in [3.05, 3.63) is 29.8 Å². The van der Waals surface area contributed by atoms with Crippen LogP contribution >= 0.6 is 11.8 Å². The predicted molar refractivity (Wildman–Crippen MR) is 69.2 cm³/mol. The molecule has 2 unspecified atom stereocenters. The Morgan fingerprint density at radius 2 is 2.35 bits per heavy atom. The number of hydrogen-bond acceptors (Lipinski definition) is 3. The summed E-state index contributed by atoms with van der Waals surface area (Å²) in [6.07, 6.45) is 0.222. The maximum Gasteiger partial charge on any atom is 0.228 e. The van der Waals surface area contributed by atoms with Crippen LogP contribution in [0.25, 0.3) is 0 Å². The van der Waals surface area contributed by atoms with Gasteiger partial charge in [-0.2, -0.15) is 0 Å². The van der Waals surface area contributed by atoms with Gasteiger partial charge in [0, 0.05) is 17.2 Å². The van der Waals surface area contributed by atoms with Gasteiger partial charge in [-0.25, -0.2) is 0 Å². The van der Waals surface area contributed by atoms with Crippen molar-refractivity contribution in [2.75, 3.05) is 12.3 Å². The summed E-state index contributed by atoms with van der Waals surface area (Å²) in [4.78, 5) is 13.2. The normalized spacial score (nSPS) is 19.8. The van der Waals surface area contributed by atoms with Gasteiger partial charge in [0.15, 0.2) is 0 Å². The van der Waals surface area contributed by atoms with E-state index in [0.717, 1.165) is 11.3 Å². The lowest BCUT2D eigenvalue weighted by Crippen LogP contribution is -2.35. The van der Waals surface area contributed by atoms with Crippen LogP contribution in [0, 0.1) is 0 Å². The van der Waals surface area contributed by atoms with E-state index in [-0.39, 0.29) is 11.8 Å². The van der Waals surface area contributed by atoms with Gasteiger partial charge in [-0.1, -0.05) is 25.1 Å². The number of carbonyl (C=O) groups is 1. The van der Waals surface area contributed by atoms with E-state index in [1.807, 2.05) is 31.2 Å². The molecule has 92 valence electrons. The minimum absolute atomic E-state index is 0.0231. The van der Waals surface area contributed by atoms with Crippen LogP contribution in [0.2, 0.25) is 0 Å². The fourth-order valence-electron chi connectivity index (χ4n) is 1.87. The van der Waals surface area contributed by atoms with Crippen molar-refractivity contribution >= 4 is 17.7 Å². The number of benzene rings is 1. The van der Waals surface area contributed by atoms with E-state index in [1.165, 1.54) is 4.90 Å². The molecule has 1 aromatic carbocycles. The van der Waals surface area contributed by atoms with E-state index in [1.54, 1.807) is 11.8 Å². The van der Waals surface area contributed by atoms with Gasteiger partial charge in [0.05, 0.1) is 12.0 Å². The average Bonchev–Trinajstić information content (AvgIpc) is 2.79. The second-order valence-electron chi connectivity index (χ2n) is 4.21. The highest BCUT2D eigenvalue weighted by atomic mass is 32.2. The summed E-state index contributed by atoms with van der Waals surface area (Å²) in [7, 11) is 0. The minimum Gasteiger partial charge on any atom is -0.391 e. The van der Waals surface area contributed by atoms with Crippen LogP contribution < -0.4 is 5.32 Å². The molecular formula is C13H17NO2S. The number of thioether (sulfide) groups is 1. The van der Waals surface area contributed by atoms with Crippen LogP contribution in [0.3, 0.4) is 0 Å². The van der Waals surface area contributed by atoms with Gasteiger partial charge in [-0.3, -0.25) is 4.79 Å². The second-order valence-corrected chi connectivity index (χ2v) is 5.27. The van der Waals surface area contributed by atoms with Crippen molar-refractivity contribution in [1.29, 1.82) is 0 Å². The lowest BCUT2D eigenvalue weighted by Gasteiger charge is -2.13. The number of amides is 1. The maximum absolute atomic E-state index is 12.0. The summed E-state index contributed by atoms with van der Waals surface area (Å²) in [6.45, 7) is 2.25. The molecule has 2 N–H and O–H groups in total. The first-order chi connectivity index (χ1) is 8.22. The van der Waals surface area contributed by atoms with Crippen LogP contribution in [-0.4, -0.2) is 29.4 Å². The van der Waals surface area contributed by atoms with Gasteiger partial charge in [0.1, 0.15) is 0 Å². The Morgan fingerprint density at radius 3 is 3.12 bits per heavy atom. The van der Waals surface area contributed by atoms with Gasteiger partial charge >= 0.3 is 0 Å². The number of carbonyl (C=O) groups excluding carboxylic acids is 1. The van der Waals surface area contributed by atoms with E-state index in [2.05, 4.69) is 5.32 Å². The SMILES string of the molecule is CCC(O)CNC(=O)C1CSc2ccccc21. The van der Waals surface area contributed by atoms with E-state index < -0.39 is 6.10 Å². The van der Waals surface area contributed by atoms with Crippen LogP contribution in [0.1, 0.15) is 24.8 Å². The molecule has 4 heteroatoms. The van der Waals surface area contributed by atoms with Crippen molar-refractivity contribution in [3.63, 3.8) is 0 Å². The van der Waals surface area contributed by atoms with Crippen LogP contribution in [0.5, 0.6) is 0 Å². The Balaban J connectivity index is 1.98. The minimum atomic E-state index is -0.441. The van der Waals surface area contributed by atoms with E-state index >= 15 is 0 Å². The molecule has 1 aromatic rings. The second kappa shape index (κ2) is 5.56. The molecule has 0 aromatic heterocycles. The summed E-state index contributed by atoms with van der Waals surface area (Å²) >= 11 is 1.72. The highest BCUT2D eigenvalue weighted by Crippen LogP contribution is 2.39. The van der Waals surface area contributed by atoms with Crippen molar-refractivity contribution < 1.29 is 9.90 Å². The van der Waals surface area contributed by atoms with E-state index in [4.69, 9.17) is 0 Å². The highest BCUT2D eigenvalue weighted by Gasteiger charge is 2.28. The van der Waals surface area contributed by atoms with Crippen molar-refractivity contribution in [2.45, 2.75) is 30.3 Å². The summed E-state index contributed by atoms with van der Waals surface area (Å²) in [5, 5.41) is 12.2. The van der Waals surface area contributed by atoms with Gasteiger partial charge in [-0.05, 0) is 18.1 Å². The third-order valence-electron chi connectivity index (χ3n) is 3.00. The zero-order valence-corrected chi connectivity index (χ0v) is 10.7. The molecule has 2 atom stereocenters. The fourth-order valence-corrected chi connectivity index (χ4v) is 3.09. The Kier molecular flexibility index (Phi) is 4.07. The molecule has 1 aliphatic rings. The lowest BCUT2D eigenvalue weighted by atomic mass is 10.0. The lowest BCUT2D eigenvalue weighted by molar-refractivity contribution is -0.122. The number of aliphatic hydroxyl groups excluding tert-OH is 1. The van der Waals surface area contributed by atoms with Gasteiger partial charge in [-0.15, -0.1) is 11.8 Å². The molecule has 0 radical (unpaired) electrons. The zero-order valence-electron chi connectivity index (χ0n) is 9.85. The predicted octanol–water partition coefficient (Wildman–Crippen LogP) is 1.76. The Morgan fingerprint density at radius 1 is 1.59 bits per heavy atom. The number of fused-ring (bicyclic) bond motifs is 1. The third-order valence-corrected chi connectivity index (χ3v) is 4.18. The summed E-state index contributed by atoms with van der Waals surface area (Å²) < 4.78 is 0. The Labute approximate surface area is 106 Å². The smallest absolute Gasteiger partial charge is 0.228 e. The monoisotopic (exact) mass is 251 g/mol. The van der Waals surface area contributed by atoms with E-state index in [0.29, 0.717) is 13.0 Å². The van der Waals surface area contributed by atoms with Crippen molar-refractivity contribution in [2.24, 2.45) is 0 Å². The quantitative estimate of drug-likeness (QED) is 0.857. The first kappa shape index (κ1) is 12.5. The zero-order chi connectivity index (χ0) is 12.3. The number of nitrogens with one attached hydrogen (secondary N) is 1. The molecule has 0 spiro atoms. The molecule has 3 nitrogen and oxygen atoms in total. The van der Waals surface area contributed by atoms with Gasteiger partial charge < -0.3 is 10.4 Å². The fraction of sp³-hybridized carbons (Fsp3) is 0.462. The molecule has 0 fully saturated rings. The molecular weight excluding hydrogens is 234 g/mol.